The van der Waals surface area contributed by atoms with Crippen molar-refractivity contribution >= 4 is 39.5 Å². The van der Waals surface area contributed by atoms with E-state index in [4.69, 9.17) is 19.7 Å². The number of H-pyrrole nitrogens is 1. The third-order valence-electron chi connectivity index (χ3n) is 7.98. The molecule has 5 heterocycles. The molecule has 0 aliphatic carbocycles. The molecule has 2 aliphatic heterocycles. The zero-order valence-electron chi connectivity index (χ0n) is 23.7. The molecular weight excluding hydrogens is 506 g/mol. The average Bonchev–Trinajstić information content (AvgIpc) is 3.38. The lowest BCUT2D eigenvalue weighted by Gasteiger charge is -2.43. The molecule has 2 fully saturated rings. The highest BCUT2D eigenvalue weighted by Crippen LogP contribution is 2.38. The number of rotatable bonds is 6. The first-order valence-corrected chi connectivity index (χ1v) is 13.6. The van der Waals surface area contributed by atoms with Crippen molar-refractivity contribution in [2.24, 2.45) is 0 Å². The normalized spacial score (nSPS) is 18.1. The molecule has 1 atom stereocenters. The molecule has 0 bridgehead atoms. The van der Waals surface area contributed by atoms with E-state index >= 15 is 0 Å². The summed E-state index contributed by atoms with van der Waals surface area (Å²) in [5, 5.41) is 8.99. The third kappa shape index (κ3) is 4.49. The Kier molecular flexibility index (Phi) is 6.53. The number of hydrogen-bond acceptors (Lipinski definition) is 9. The quantitative estimate of drug-likeness (QED) is 0.368. The zero-order chi connectivity index (χ0) is 28.1. The van der Waals surface area contributed by atoms with Gasteiger partial charge in [-0.15, -0.1) is 0 Å². The Morgan fingerprint density at radius 1 is 1.10 bits per heavy atom. The minimum absolute atomic E-state index is 0.00911. The summed E-state index contributed by atoms with van der Waals surface area (Å²) >= 11 is 0. The van der Waals surface area contributed by atoms with Crippen LogP contribution in [-0.4, -0.2) is 99.8 Å². The van der Waals surface area contributed by atoms with Crippen molar-refractivity contribution < 1.29 is 9.53 Å². The van der Waals surface area contributed by atoms with Crippen LogP contribution in [0.4, 0.5) is 11.8 Å². The number of carbonyl (C=O) groups is 1. The molecule has 40 heavy (non-hydrogen) atoms. The second kappa shape index (κ2) is 10.1. The first-order chi connectivity index (χ1) is 19.2. The highest BCUT2D eigenvalue weighted by molar-refractivity contribution is 5.95. The Morgan fingerprint density at radius 2 is 1.90 bits per heavy atom. The van der Waals surface area contributed by atoms with Gasteiger partial charge in [0.2, 0.25) is 17.7 Å². The Hall–Kier alpha value is -4.25. The molecule has 0 radical (unpaired) electrons. The van der Waals surface area contributed by atoms with Gasteiger partial charge < -0.3 is 24.3 Å². The number of piperazine rings is 1. The Balaban J connectivity index is 1.46. The molecule has 0 saturated carbocycles. The van der Waals surface area contributed by atoms with Crippen molar-refractivity contribution in [2.45, 2.75) is 32.9 Å². The number of anilines is 2. The molecule has 11 heteroatoms. The number of benzene rings is 1. The molecule has 208 valence electrons. The minimum atomic E-state index is -0.0461. The summed E-state index contributed by atoms with van der Waals surface area (Å²) in [6.07, 6.45) is 3.16. The Morgan fingerprint density at radius 3 is 2.62 bits per heavy atom. The maximum absolute atomic E-state index is 12.4. The predicted molar refractivity (Wildman–Crippen MR) is 156 cm³/mol. The maximum atomic E-state index is 12.4. The van der Waals surface area contributed by atoms with E-state index in [1.807, 2.05) is 36.9 Å². The van der Waals surface area contributed by atoms with Gasteiger partial charge in [0.15, 0.2) is 0 Å². The van der Waals surface area contributed by atoms with Gasteiger partial charge in [0.25, 0.3) is 0 Å². The fourth-order valence-corrected chi connectivity index (χ4v) is 5.52. The fourth-order valence-electron chi connectivity index (χ4n) is 5.52. The first kappa shape index (κ1) is 26.0. The number of fused-ring (bicyclic) bond motifs is 2. The maximum Gasteiger partial charge on any atom is 0.246 e. The average molecular weight is 542 g/mol. The highest BCUT2D eigenvalue weighted by Gasteiger charge is 2.33. The molecule has 11 nitrogen and oxygen atoms in total. The number of ether oxygens (including phenoxy) is 1. The number of nitrogens with one attached hydrogen (secondary N) is 1. The SMILES string of the molecule is C=CC(=O)N1CCN(c2nc(N3CC(N(C)C)C3)nc3c(Oc4c(C)ccc5[nH]ncc45)nc(C)cc23)CC1C. The number of pyridine rings is 1. The lowest BCUT2D eigenvalue weighted by molar-refractivity contribution is -0.128. The van der Waals surface area contributed by atoms with Gasteiger partial charge in [-0.2, -0.15) is 10.1 Å². The van der Waals surface area contributed by atoms with E-state index in [0.29, 0.717) is 48.8 Å². The molecule has 2 saturated heterocycles. The molecule has 1 unspecified atom stereocenters. The molecule has 0 spiro atoms. The van der Waals surface area contributed by atoms with Gasteiger partial charge in [0.1, 0.15) is 17.1 Å². The van der Waals surface area contributed by atoms with E-state index in [1.54, 1.807) is 6.20 Å². The lowest BCUT2D eigenvalue weighted by Crippen LogP contribution is -2.58. The highest BCUT2D eigenvalue weighted by atomic mass is 16.5. The van der Waals surface area contributed by atoms with Gasteiger partial charge in [0.05, 0.1) is 22.5 Å². The number of likely N-dealkylation sites (N-methyl/N-ethyl adjacent to an activating group) is 1. The second-order valence-corrected chi connectivity index (χ2v) is 11.0. The van der Waals surface area contributed by atoms with Crippen molar-refractivity contribution in [3.63, 3.8) is 0 Å². The molecule has 6 rings (SSSR count). The van der Waals surface area contributed by atoms with Gasteiger partial charge in [0, 0.05) is 50.5 Å². The lowest BCUT2D eigenvalue weighted by atomic mass is 10.1. The van der Waals surface area contributed by atoms with Gasteiger partial charge in [-0.05, 0) is 58.6 Å². The minimum Gasteiger partial charge on any atom is -0.436 e. The molecule has 4 aromatic rings. The van der Waals surface area contributed by atoms with E-state index in [2.05, 4.69) is 52.5 Å². The summed E-state index contributed by atoms with van der Waals surface area (Å²) in [5.74, 6) is 2.59. The third-order valence-corrected chi connectivity index (χ3v) is 7.98. The van der Waals surface area contributed by atoms with Crippen LogP contribution in [0.1, 0.15) is 18.2 Å². The van der Waals surface area contributed by atoms with Gasteiger partial charge in [-0.25, -0.2) is 9.97 Å². The Labute approximate surface area is 233 Å². The van der Waals surface area contributed by atoms with Crippen molar-refractivity contribution in [1.82, 2.24) is 34.9 Å². The fraction of sp³-hybridized carbons (Fsp3) is 0.414. The molecule has 1 N–H and O–H groups in total. The van der Waals surface area contributed by atoms with Gasteiger partial charge in [-0.1, -0.05) is 12.6 Å². The van der Waals surface area contributed by atoms with E-state index < -0.39 is 0 Å². The van der Waals surface area contributed by atoms with Crippen LogP contribution >= 0.6 is 0 Å². The second-order valence-electron chi connectivity index (χ2n) is 11.0. The summed E-state index contributed by atoms with van der Waals surface area (Å²) < 4.78 is 6.58. The first-order valence-electron chi connectivity index (χ1n) is 13.6. The van der Waals surface area contributed by atoms with E-state index in [0.717, 1.165) is 46.5 Å². The topological polar surface area (TPSA) is 107 Å². The molecular formula is C29H35N9O2. The van der Waals surface area contributed by atoms with Crippen molar-refractivity contribution in [2.75, 3.05) is 56.6 Å². The predicted octanol–water partition coefficient (Wildman–Crippen LogP) is 3.28. The van der Waals surface area contributed by atoms with Crippen LogP contribution in [0.2, 0.25) is 0 Å². The van der Waals surface area contributed by atoms with Crippen LogP contribution in [-0.2, 0) is 4.79 Å². The number of amides is 1. The molecule has 3 aromatic heterocycles. The van der Waals surface area contributed by atoms with E-state index in [1.165, 1.54) is 6.08 Å². The number of aromatic nitrogens is 5. The van der Waals surface area contributed by atoms with Crippen LogP contribution in [0.25, 0.3) is 21.8 Å². The number of nitrogens with zero attached hydrogens (tertiary/aromatic N) is 8. The van der Waals surface area contributed by atoms with Gasteiger partial charge >= 0.3 is 0 Å². The zero-order valence-corrected chi connectivity index (χ0v) is 23.7. The summed E-state index contributed by atoms with van der Waals surface area (Å²) in [6, 6.07) is 6.48. The van der Waals surface area contributed by atoms with Gasteiger partial charge in [-0.3, -0.25) is 9.89 Å². The molecule has 1 aromatic carbocycles. The smallest absolute Gasteiger partial charge is 0.246 e. The van der Waals surface area contributed by atoms with E-state index in [-0.39, 0.29) is 11.9 Å². The van der Waals surface area contributed by atoms with Crippen LogP contribution in [0.15, 0.2) is 37.1 Å². The largest absolute Gasteiger partial charge is 0.436 e. The summed E-state index contributed by atoms with van der Waals surface area (Å²) in [5.41, 5.74) is 3.34. The van der Waals surface area contributed by atoms with Crippen LogP contribution in [0.5, 0.6) is 11.6 Å². The van der Waals surface area contributed by atoms with E-state index in [9.17, 15) is 4.79 Å². The summed E-state index contributed by atoms with van der Waals surface area (Å²) in [6.45, 7) is 13.3. The standard InChI is InChI=1S/C29H35N9O2/c1-7-24(39)38-11-10-36(14-19(38)4)27-21-12-18(3)31-28(40-26-17(2)8-9-23-22(26)13-30-34-23)25(21)32-29(33-27)37-15-20(16-37)35(5)6/h7-9,12-13,19-20H,1,10-11,14-16H2,2-6H3,(H,30,34). The summed E-state index contributed by atoms with van der Waals surface area (Å²) in [4.78, 5) is 35.9. The monoisotopic (exact) mass is 541 g/mol. The number of aromatic amines is 1. The Bertz CT molecular complexity index is 1610. The van der Waals surface area contributed by atoms with Crippen LogP contribution in [0.3, 0.4) is 0 Å². The van der Waals surface area contributed by atoms with Crippen molar-refractivity contribution in [3.05, 3.63) is 48.3 Å². The van der Waals surface area contributed by atoms with Crippen LogP contribution < -0.4 is 14.5 Å². The van der Waals surface area contributed by atoms with Crippen molar-refractivity contribution in [1.29, 1.82) is 0 Å². The summed E-state index contributed by atoms with van der Waals surface area (Å²) in [7, 11) is 4.19. The number of carbonyl (C=O) groups excluding carboxylic acids is 1. The number of hydrogen-bond donors (Lipinski definition) is 1. The van der Waals surface area contributed by atoms with Crippen molar-refractivity contribution in [3.8, 4) is 11.6 Å². The molecule has 2 aliphatic rings. The van der Waals surface area contributed by atoms with Crippen LogP contribution in [0, 0.1) is 13.8 Å². The number of aryl methyl sites for hydroxylation is 2. The molecule has 1 amide bonds.